The van der Waals surface area contributed by atoms with Crippen LogP contribution in [0.3, 0.4) is 0 Å². The first kappa shape index (κ1) is 15.4. The third-order valence-electron chi connectivity index (χ3n) is 4.25. The molecule has 1 aromatic heterocycles. The second-order valence-electron chi connectivity index (χ2n) is 6.09. The Kier molecular flexibility index (Phi) is 3.98. The Morgan fingerprint density at radius 2 is 2.08 bits per heavy atom. The topological polar surface area (TPSA) is 53.4 Å². The van der Waals surface area contributed by atoms with E-state index in [0.717, 1.165) is 11.3 Å². The number of fused-ring (bicyclic) bond motifs is 1. The first-order valence-electron chi connectivity index (χ1n) is 8.22. The lowest BCUT2D eigenvalue weighted by molar-refractivity contribution is 0.143. The second-order valence-corrected chi connectivity index (χ2v) is 6.09. The van der Waals surface area contributed by atoms with Gasteiger partial charge in [0.1, 0.15) is 12.4 Å². The van der Waals surface area contributed by atoms with Crippen LogP contribution in [0.5, 0.6) is 11.8 Å². The Hall–Kier alpha value is -3.08. The van der Waals surface area contributed by atoms with Crippen molar-refractivity contribution in [2.45, 2.75) is 19.6 Å². The zero-order chi connectivity index (χ0) is 17.2. The van der Waals surface area contributed by atoms with Gasteiger partial charge in [0, 0.05) is 12.3 Å². The molecule has 5 heteroatoms. The van der Waals surface area contributed by atoms with Crippen LogP contribution >= 0.6 is 0 Å². The van der Waals surface area contributed by atoms with E-state index in [2.05, 4.69) is 30.1 Å². The van der Waals surface area contributed by atoms with E-state index < -0.39 is 0 Å². The molecule has 5 nitrogen and oxygen atoms in total. The van der Waals surface area contributed by atoms with E-state index >= 15 is 0 Å². The number of benzene rings is 2. The number of aryl methyl sites for hydroxylation is 1. The van der Waals surface area contributed by atoms with Crippen molar-refractivity contribution in [2.24, 2.45) is 0 Å². The van der Waals surface area contributed by atoms with E-state index in [1.54, 1.807) is 6.20 Å². The van der Waals surface area contributed by atoms with E-state index in [1.807, 2.05) is 34.9 Å². The number of hydrogen-bond acceptors (Lipinski definition) is 4. The van der Waals surface area contributed by atoms with E-state index in [9.17, 15) is 4.79 Å². The average molecular weight is 334 g/mol. The Morgan fingerprint density at radius 1 is 1.20 bits per heavy atom. The number of rotatable bonds is 4. The molecule has 0 N–H and O–H groups in total. The molecule has 3 aromatic rings. The zero-order valence-electron chi connectivity index (χ0n) is 13.9. The van der Waals surface area contributed by atoms with E-state index in [1.165, 1.54) is 17.2 Å². The predicted molar refractivity (Wildman–Crippen MR) is 95.0 cm³/mol. The Bertz CT molecular complexity index is 965. The summed E-state index contributed by atoms with van der Waals surface area (Å²) >= 11 is 0. The second kappa shape index (κ2) is 6.43. The van der Waals surface area contributed by atoms with Crippen LogP contribution in [0.1, 0.15) is 5.56 Å². The maximum atomic E-state index is 11.3. The van der Waals surface area contributed by atoms with E-state index in [0.29, 0.717) is 19.2 Å². The van der Waals surface area contributed by atoms with Crippen LogP contribution < -0.4 is 15.0 Å². The minimum Gasteiger partial charge on any atom is -0.490 e. The van der Waals surface area contributed by atoms with Crippen molar-refractivity contribution >= 4 is 0 Å². The summed E-state index contributed by atoms with van der Waals surface area (Å²) in [5, 5.41) is 0. The summed E-state index contributed by atoms with van der Waals surface area (Å²) in [7, 11) is 0. The van der Waals surface area contributed by atoms with Gasteiger partial charge in [-0.05, 0) is 35.7 Å². The van der Waals surface area contributed by atoms with Crippen LogP contribution in [0.25, 0.3) is 11.1 Å². The smallest absolute Gasteiger partial charge is 0.300 e. The number of nitrogens with zero attached hydrogens (tertiary/aromatic N) is 2. The molecule has 0 saturated heterocycles. The van der Waals surface area contributed by atoms with Crippen molar-refractivity contribution in [1.29, 1.82) is 0 Å². The lowest BCUT2D eigenvalue weighted by atomic mass is 10.0. The van der Waals surface area contributed by atoms with Gasteiger partial charge in [0.2, 0.25) is 0 Å². The molecule has 25 heavy (non-hydrogen) atoms. The molecular weight excluding hydrogens is 316 g/mol. The van der Waals surface area contributed by atoms with Crippen molar-refractivity contribution in [3.05, 3.63) is 76.7 Å². The van der Waals surface area contributed by atoms with Crippen LogP contribution in [0.4, 0.5) is 0 Å². The summed E-state index contributed by atoms with van der Waals surface area (Å²) in [6, 6.07) is 18.1. The molecule has 2 heterocycles. The molecule has 2 aromatic carbocycles. The maximum absolute atomic E-state index is 11.3. The van der Waals surface area contributed by atoms with Gasteiger partial charge in [-0.1, -0.05) is 36.4 Å². The van der Waals surface area contributed by atoms with Gasteiger partial charge in [-0.2, -0.15) is 4.98 Å². The van der Waals surface area contributed by atoms with Crippen molar-refractivity contribution in [3.63, 3.8) is 0 Å². The Labute approximate surface area is 145 Å². The van der Waals surface area contributed by atoms with Crippen LogP contribution in [-0.4, -0.2) is 22.3 Å². The third-order valence-corrected chi connectivity index (χ3v) is 4.25. The van der Waals surface area contributed by atoms with Gasteiger partial charge in [0.15, 0.2) is 6.10 Å². The normalized spacial score (nSPS) is 15.5. The summed E-state index contributed by atoms with van der Waals surface area (Å²) < 4.78 is 13.4. The number of hydrogen-bond donors (Lipinski definition) is 0. The SMILES string of the molecule is Cc1ccccc1-c1cccc(OC[C@@H]2Cn3ccc(=O)nc3O2)c1. The average Bonchev–Trinajstić information content (AvgIpc) is 3.02. The van der Waals surface area contributed by atoms with Crippen LogP contribution in [-0.2, 0) is 6.54 Å². The fraction of sp³-hybridized carbons (Fsp3) is 0.200. The molecule has 1 aliphatic rings. The summed E-state index contributed by atoms with van der Waals surface area (Å²) in [5.74, 6) is 0.794. The molecule has 4 rings (SSSR count). The van der Waals surface area contributed by atoms with Crippen molar-refractivity contribution in [3.8, 4) is 22.9 Å². The standard InChI is InChI=1S/C20H18N2O3/c1-14-5-2-3-8-18(14)15-6-4-7-16(11-15)24-13-17-12-22-10-9-19(23)21-20(22)25-17/h2-11,17H,12-13H2,1H3/t17-/m0/s1. The van der Waals surface area contributed by atoms with Gasteiger partial charge in [-0.15, -0.1) is 0 Å². The highest BCUT2D eigenvalue weighted by atomic mass is 16.6. The van der Waals surface area contributed by atoms with Gasteiger partial charge < -0.3 is 9.47 Å². The minimum absolute atomic E-state index is 0.156. The van der Waals surface area contributed by atoms with Crippen molar-refractivity contribution in [1.82, 2.24) is 9.55 Å². The van der Waals surface area contributed by atoms with Gasteiger partial charge in [0.25, 0.3) is 11.6 Å². The van der Waals surface area contributed by atoms with E-state index in [4.69, 9.17) is 9.47 Å². The first-order chi connectivity index (χ1) is 12.2. The lowest BCUT2D eigenvalue weighted by Gasteiger charge is -2.12. The molecule has 0 amide bonds. The van der Waals surface area contributed by atoms with Gasteiger partial charge in [0.05, 0.1) is 6.54 Å². The molecule has 1 atom stereocenters. The van der Waals surface area contributed by atoms with Gasteiger partial charge >= 0.3 is 0 Å². The Balaban J connectivity index is 1.45. The van der Waals surface area contributed by atoms with Crippen LogP contribution in [0.15, 0.2) is 65.6 Å². The number of ether oxygens (including phenoxy) is 2. The van der Waals surface area contributed by atoms with Gasteiger partial charge in [-0.3, -0.25) is 9.36 Å². The van der Waals surface area contributed by atoms with Crippen molar-refractivity contribution < 1.29 is 9.47 Å². The number of aromatic nitrogens is 2. The predicted octanol–water partition coefficient (Wildman–Crippen LogP) is 3.06. The molecule has 0 bridgehead atoms. The summed E-state index contributed by atoms with van der Waals surface area (Å²) in [5.41, 5.74) is 3.25. The lowest BCUT2D eigenvalue weighted by Crippen LogP contribution is -2.23. The molecule has 1 aliphatic heterocycles. The van der Waals surface area contributed by atoms with Crippen molar-refractivity contribution in [2.75, 3.05) is 6.61 Å². The molecule has 0 fully saturated rings. The third kappa shape index (κ3) is 3.26. The molecule has 0 radical (unpaired) electrons. The molecule has 0 unspecified atom stereocenters. The minimum atomic E-state index is -0.293. The molecule has 0 saturated carbocycles. The largest absolute Gasteiger partial charge is 0.490 e. The van der Waals surface area contributed by atoms with Crippen LogP contribution in [0.2, 0.25) is 0 Å². The fourth-order valence-corrected chi connectivity index (χ4v) is 2.98. The van der Waals surface area contributed by atoms with E-state index in [-0.39, 0.29) is 11.7 Å². The highest BCUT2D eigenvalue weighted by Crippen LogP contribution is 2.27. The summed E-state index contributed by atoms with van der Waals surface area (Å²) in [6.07, 6.45) is 1.54. The fourth-order valence-electron chi connectivity index (χ4n) is 2.98. The summed E-state index contributed by atoms with van der Waals surface area (Å²) in [4.78, 5) is 15.1. The quantitative estimate of drug-likeness (QED) is 0.736. The molecule has 0 aliphatic carbocycles. The molecule has 0 spiro atoms. The van der Waals surface area contributed by atoms with Gasteiger partial charge in [-0.25, -0.2) is 0 Å². The van der Waals surface area contributed by atoms with Crippen LogP contribution in [0, 0.1) is 6.92 Å². The molecular formula is C20H18N2O3. The zero-order valence-corrected chi connectivity index (χ0v) is 13.9. The highest BCUT2D eigenvalue weighted by Gasteiger charge is 2.23. The maximum Gasteiger partial charge on any atom is 0.300 e. The monoisotopic (exact) mass is 334 g/mol. The highest BCUT2D eigenvalue weighted by molar-refractivity contribution is 5.68. The first-order valence-corrected chi connectivity index (χ1v) is 8.22. The Morgan fingerprint density at radius 3 is 2.96 bits per heavy atom. The summed E-state index contributed by atoms with van der Waals surface area (Å²) in [6.45, 7) is 3.12. The molecule has 126 valence electrons.